The Balaban J connectivity index is 1.69. The maximum Gasteiger partial charge on any atom is 0.140 e. The molecule has 2 aromatic heterocycles. The van der Waals surface area contributed by atoms with Crippen molar-refractivity contribution in [2.24, 2.45) is 7.05 Å². The van der Waals surface area contributed by atoms with Crippen molar-refractivity contribution in [3.63, 3.8) is 0 Å². The fourth-order valence-corrected chi connectivity index (χ4v) is 4.60. The molecule has 0 N–H and O–H groups in total. The standard InChI is InChI=1S/C26H25BrN4/c1-4-7-24-29-25-17(2)14-19(26-28-21-8-5-6-9-22(21)30(26)3)15-23(25)31(24)16-18-10-12-20(27)13-11-18/h5-6,8-15H,4,7,16H2,1-3H3. The van der Waals surface area contributed by atoms with Crippen LogP contribution in [0, 0.1) is 6.92 Å². The lowest BCUT2D eigenvalue weighted by atomic mass is 10.1. The molecule has 5 rings (SSSR count). The van der Waals surface area contributed by atoms with Crippen LogP contribution in [0.25, 0.3) is 33.5 Å². The normalized spacial score (nSPS) is 11.6. The molecule has 0 saturated carbocycles. The van der Waals surface area contributed by atoms with E-state index >= 15 is 0 Å². The van der Waals surface area contributed by atoms with Crippen molar-refractivity contribution in [2.45, 2.75) is 33.2 Å². The molecular weight excluding hydrogens is 448 g/mol. The molecule has 0 amide bonds. The zero-order valence-electron chi connectivity index (χ0n) is 18.1. The lowest BCUT2D eigenvalue weighted by Crippen LogP contribution is -2.05. The van der Waals surface area contributed by atoms with Crippen LogP contribution >= 0.6 is 15.9 Å². The zero-order valence-corrected chi connectivity index (χ0v) is 19.6. The van der Waals surface area contributed by atoms with E-state index in [2.05, 4.69) is 101 Å². The van der Waals surface area contributed by atoms with Gasteiger partial charge in [-0.3, -0.25) is 0 Å². The van der Waals surface area contributed by atoms with E-state index in [0.717, 1.165) is 57.6 Å². The predicted octanol–water partition coefficient (Wildman–Crippen LogP) is 6.66. The van der Waals surface area contributed by atoms with Crippen molar-refractivity contribution < 1.29 is 0 Å². The summed E-state index contributed by atoms with van der Waals surface area (Å²) in [5.41, 5.74) is 8.01. The fourth-order valence-electron chi connectivity index (χ4n) is 4.34. The van der Waals surface area contributed by atoms with E-state index in [0.29, 0.717) is 0 Å². The molecule has 5 aromatic rings. The maximum atomic E-state index is 5.04. The number of aryl methyl sites for hydroxylation is 3. The molecule has 0 radical (unpaired) electrons. The molecule has 0 bridgehead atoms. The van der Waals surface area contributed by atoms with E-state index in [9.17, 15) is 0 Å². The van der Waals surface area contributed by atoms with Gasteiger partial charge in [-0.15, -0.1) is 0 Å². The van der Waals surface area contributed by atoms with Crippen LogP contribution in [0.1, 0.15) is 30.3 Å². The second-order valence-electron chi connectivity index (χ2n) is 8.13. The fraction of sp³-hybridized carbons (Fsp3) is 0.231. The minimum Gasteiger partial charge on any atom is -0.327 e. The number of imidazole rings is 2. The molecule has 0 spiro atoms. The molecule has 5 heteroatoms. The van der Waals surface area contributed by atoms with Gasteiger partial charge in [0.15, 0.2) is 0 Å². The van der Waals surface area contributed by atoms with Crippen LogP contribution in [0.5, 0.6) is 0 Å². The molecule has 0 unspecified atom stereocenters. The Bertz CT molecular complexity index is 1390. The van der Waals surface area contributed by atoms with Crippen LogP contribution in [0.4, 0.5) is 0 Å². The first-order chi connectivity index (χ1) is 15.0. The van der Waals surface area contributed by atoms with Gasteiger partial charge >= 0.3 is 0 Å². The minimum absolute atomic E-state index is 0.810. The van der Waals surface area contributed by atoms with Crippen LogP contribution < -0.4 is 0 Å². The Kier molecular flexibility index (Phi) is 5.14. The molecule has 0 saturated heterocycles. The molecule has 31 heavy (non-hydrogen) atoms. The highest BCUT2D eigenvalue weighted by atomic mass is 79.9. The summed E-state index contributed by atoms with van der Waals surface area (Å²) >= 11 is 3.54. The molecule has 4 nitrogen and oxygen atoms in total. The number of fused-ring (bicyclic) bond motifs is 2. The number of aromatic nitrogens is 4. The van der Waals surface area contributed by atoms with E-state index in [1.807, 2.05) is 6.07 Å². The van der Waals surface area contributed by atoms with Crippen LogP contribution in [-0.2, 0) is 20.0 Å². The summed E-state index contributed by atoms with van der Waals surface area (Å²) in [7, 11) is 2.09. The molecule has 156 valence electrons. The third-order valence-corrected chi connectivity index (χ3v) is 6.43. The van der Waals surface area contributed by atoms with E-state index in [-0.39, 0.29) is 0 Å². The van der Waals surface area contributed by atoms with Gasteiger partial charge in [0.2, 0.25) is 0 Å². The van der Waals surface area contributed by atoms with Gasteiger partial charge in [0, 0.05) is 30.0 Å². The van der Waals surface area contributed by atoms with Gasteiger partial charge in [-0.2, -0.15) is 0 Å². The SMILES string of the molecule is CCCc1nc2c(C)cc(-c3nc4ccccc4n3C)cc2n1Cc1ccc(Br)cc1. The van der Waals surface area contributed by atoms with Crippen molar-refractivity contribution >= 4 is 38.0 Å². The molecule has 3 aromatic carbocycles. The smallest absolute Gasteiger partial charge is 0.140 e. The number of halogens is 1. The van der Waals surface area contributed by atoms with Crippen LogP contribution in [0.3, 0.4) is 0 Å². The number of rotatable bonds is 5. The zero-order chi connectivity index (χ0) is 21.5. The van der Waals surface area contributed by atoms with E-state index in [1.165, 1.54) is 16.6 Å². The van der Waals surface area contributed by atoms with Gasteiger partial charge in [-0.25, -0.2) is 9.97 Å². The van der Waals surface area contributed by atoms with Crippen molar-refractivity contribution in [1.29, 1.82) is 0 Å². The third-order valence-electron chi connectivity index (χ3n) is 5.90. The van der Waals surface area contributed by atoms with Gasteiger partial charge in [-0.1, -0.05) is 47.1 Å². The quantitative estimate of drug-likeness (QED) is 0.286. The van der Waals surface area contributed by atoms with E-state index in [1.54, 1.807) is 0 Å². The van der Waals surface area contributed by atoms with E-state index < -0.39 is 0 Å². The summed E-state index contributed by atoms with van der Waals surface area (Å²) in [6, 6.07) is 21.3. The molecule has 0 aliphatic carbocycles. The van der Waals surface area contributed by atoms with Crippen molar-refractivity contribution in [3.05, 3.63) is 82.1 Å². The summed E-state index contributed by atoms with van der Waals surface area (Å²) in [5, 5.41) is 0. The van der Waals surface area contributed by atoms with Gasteiger partial charge in [-0.05, 0) is 60.9 Å². The Hall–Kier alpha value is -2.92. The molecule has 0 aliphatic rings. The van der Waals surface area contributed by atoms with Gasteiger partial charge in [0.1, 0.15) is 11.6 Å². The lowest BCUT2D eigenvalue weighted by Gasteiger charge is -2.11. The number of hydrogen-bond donors (Lipinski definition) is 0. The Labute approximate surface area is 190 Å². The van der Waals surface area contributed by atoms with Crippen LogP contribution in [-0.4, -0.2) is 19.1 Å². The van der Waals surface area contributed by atoms with Gasteiger partial charge in [0.05, 0.1) is 22.1 Å². The lowest BCUT2D eigenvalue weighted by molar-refractivity contribution is 0.721. The summed E-state index contributed by atoms with van der Waals surface area (Å²) in [6.07, 6.45) is 2.03. The van der Waals surface area contributed by atoms with Crippen molar-refractivity contribution in [3.8, 4) is 11.4 Å². The minimum atomic E-state index is 0.810. The molecule has 0 aliphatic heterocycles. The molecule has 0 fully saturated rings. The predicted molar refractivity (Wildman–Crippen MR) is 131 cm³/mol. The van der Waals surface area contributed by atoms with Crippen LogP contribution in [0.15, 0.2) is 65.1 Å². The largest absolute Gasteiger partial charge is 0.327 e. The highest BCUT2D eigenvalue weighted by molar-refractivity contribution is 9.10. The summed E-state index contributed by atoms with van der Waals surface area (Å²) in [4.78, 5) is 9.97. The van der Waals surface area contributed by atoms with Crippen molar-refractivity contribution in [2.75, 3.05) is 0 Å². The molecule has 0 atom stereocenters. The highest BCUT2D eigenvalue weighted by Gasteiger charge is 2.17. The number of benzene rings is 3. The first-order valence-electron chi connectivity index (χ1n) is 10.7. The topological polar surface area (TPSA) is 35.6 Å². The van der Waals surface area contributed by atoms with Gasteiger partial charge < -0.3 is 9.13 Å². The first kappa shape index (κ1) is 20.0. The summed E-state index contributed by atoms with van der Waals surface area (Å²) in [5.74, 6) is 2.13. The van der Waals surface area contributed by atoms with Crippen molar-refractivity contribution in [1.82, 2.24) is 19.1 Å². The first-order valence-corrected chi connectivity index (χ1v) is 11.5. The number of para-hydroxylation sites is 2. The maximum absolute atomic E-state index is 5.04. The Morgan fingerprint density at radius 1 is 0.935 bits per heavy atom. The van der Waals surface area contributed by atoms with Gasteiger partial charge in [0.25, 0.3) is 0 Å². The average molecular weight is 473 g/mol. The second-order valence-corrected chi connectivity index (χ2v) is 9.05. The highest BCUT2D eigenvalue weighted by Crippen LogP contribution is 2.30. The second kappa shape index (κ2) is 7.97. The summed E-state index contributed by atoms with van der Waals surface area (Å²) < 4.78 is 5.65. The third kappa shape index (κ3) is 3.57. The summed E-state index contributed by atoms with van der Waals surface area (Å²) in [6.45, 7) is 5.17. The number of hydrogen-bond acceptors (Lipinski definition) is 2. The molecular formula is C26H25BrN4. The Morgan fingerprint density at radius 3 is 2.45 bits per heavy atom. The average Bonchev–Trinajstić information content (AvgIpc) is 3.29. The Morgan fingerprint density at radius 2 is 1.71 bits per heavy atom. The number of nitrogens with zero attached hydrogens (tertiary/aromatic N) is 4. The monoisotopic (exact) mass is 472 g/mol. The van der Waals surface area contributed by atoms with E-state index in [4.69, 9.17) is 9.97 Å². The molecule has 2 heterocycles. The van der Waals surface area contributed by atoms with Crippen LogP contribution in [0.2, 0.25) is 0 Å².